The highest BCUT2D eigenvalue weighted by molar-refractivity contribution is 5.04. The highest BCUT2D eigenvalue weighted by Crippen LogP contribution is 2.38. The Balaban J connectivity index is 2.81. The third-order valence-corrected chi connectivity index (χ3v) is 4.86. The monoisotopic (exact) mass is 264 g/mol. The number of hydrogen-bond acceptors (Lipinski definition) is 2. The molecule has 110 valence electrons. The van der Waals surface area contributed by atoms with Gasteiger partial charge in [-0.05, 0) is 65.6 Å². The van der Waals surface area contributed by atoms with Crippen molar-refractivity contribution < 1.29 is 0 Å². The van der Waals surface area contributed by atoms with E-state index in [0.29, 0.717) is 11.6 Å². The summed E-state index contributed by atoms with van der Waals surface area (Å²) in [6, 6.07) is 0.570. The summed E-state index contributed by atoms with van der Waals surface area (Å²) in [6.07, 6.45) is 7.54. The Bertz CT molecular complexity index is 303. The summed E-state index contributed by atoms with van der Waals surface area (Å²) in [6.45, 7) is 7.60. The molecule has 1 aliphatic rings. The summed E-state index contributed by atoms with van der Waals surface area (Å²) < 4.78 is 0. The van der Waals surface area contributed by atoms with E-state index in [-0.39, 0.29) is 0 Å². The van der Waals surface area contributed by atoms with Gasteiger partial charge in [-0.2, -0.15) is 0 Å². The van der Waals surface area contributed by atoms with Gasteiger partial charge in [0.15, 0.2) is 0 Å². The van der Waals surface area contributed by atoms with Gasteiger partial charge in [-0.3, -0.25) is 0 Å². The summed E-state index contributed by atoms with van der Waals surface area (Å²) >= 11 is 0. The van der Waals surface area contributed by atoms with Crippen LogP contribution in [0.15, 0.2) is 0 Å². The number of nitrogens with zero attached hydrogens (tertiary/aromatic N) is 1. The van der Waals surface area contributed by atoms with Crippen molar-refractivity contribution in [3.63, 3.8) is 0 Å². The van der Waals surface area contributed by atoms with Gasteiger partial charge in [0.25, 0.3) is 0 Å². The molecule has 0 aromatic heterocycles. The molecular formula is C17H32N2. The lowest BCUT2D eigenvalue weighted by atomic mass is 9.71. The summed E-state index contributed by atoms with van der Waals surface area (Å²) in [5, 5.41) is 3.74. The fraction of sp³-hybridized carbons (Fsp3) is 0.882. The van der Waals surface area contributed by atoms with Gasteiger partial charge in [0.2, 0.25) is 0 Å². The average molecular weight is 264 g/mol. The van der Waals surface area contributed by atoms with Crippen LogP contribution in [-0.4, -0.2) is 37.1 Å². The second-order valence-corrected chi connectivity index (χ2v) is 6.26. The minimum absolute atomic E-state index is 0.331. The molecule has 1 aliphatic carbocycles. The average Bonchev–Trinajstić information content (AvgIpc) is 2.39. The minimum Gasteiger partial charge on any atom is -0.312 e. The molecule has 0 saturated heterocycles. The largest absolute Gasteiger partial charge is 0.312 e. The quantitative estimate of drug-likeness (QED) is 0.741. The first-order chi connectivity index (χ1) is 9.06. The van der Waals surface area contributed by atoms with Crippen LogP contribution in [0.1, 0.15) is 59.3 Å². The molecule has 19 heavy (non-hydrogen) atoms. The Morgan fingerprint density at radius 3 is 2.42 bits per heavy atom. The fourth-order valence-electron chi connectivity index (χ4n) is 3.52. The maximum atomic E-state index is 3.74. The Hall–Kier alpha value is -0.520. The minimum atomic E-state index is 0.331. The smallest absolute Gasteiger partial charge is 0.0356 e. The Labute approximate surface area is 120 Å². The van der Waals surface area contributed by atoms with E-state index < -0.39 is 0 Å². The van der Waals surface area contributed by atoms with Crippen molar-refractivity contribution in [2.45, 2.75) is 70.9 Å². The van der Waals surface area contributed by atoms with Crippen LogP contribution in [-0.2, 0) is 0 Å². The van der Waals surface area contributed by atoms with Gasteiger partial charge in [-0.25, -0.2) is 0 Å². The molecule has 0 aromatic rings. The fourth-order valence-corrected chi connectivity index (χ4v) is 3.52. The van der Waals surface area contributed by atoms with Gasteiger partial charge >= 0.3 is 0 Å². The van der Waals surface area contributed by atoms with Gasteiger partial charge in [0, 0.05) is 18.0 Å². The van der Waals surface area contributed by atoms with E-state index >= 15 is 0 Å². The lowest BCUT2D eigenvalue weighted by Gasteiger charge is -2.50. The van der Waals surface area contributed by atoms with Crippen LogP contribution in [0.2, 0.25) is 0 Å². The van der Waals surface area contributed by atoms with Crippen molar-refractivity contribution in [2.75, 3.05) is 20.6 Å². The number of nitrogens with one attached hydrogen (secondary N) is 1. The van der Waals surface area contributed by atoms with Gasteiger partial charge < -0.3 is 10.2 Å². The number of likely N-dealkylation sites (N-methyl/N-ethyl adjacent to an activating group) is 2. The van der Waals surface area contributed by atoms with Crippen LogP contribution in [0.25, 0.3) is 0 Å². The number of hydrogen-bond donors (Lipinski definition) is 1. The van der Waals surface area contributed by atoms with Crippen molar-refractivity contribution in [1.29, 1.82) is 0 Å². The summed E-state index contributed by atoms with van der Waals surface area (Å²) in [4.78, 5) is 2.48. The molecule has 0 aromatic carbocycles. The molecule has 0 bridgehead atoms. The molecule has 0 radical (unpaired) electrons. The van der Waals surface area contributed by atoms with Crippen molar-refractivity contribution in [1.82, 2.24) is 10.2 Å². The first-order valence-electron chi connectivity index (χ1n) is 7.87. The van der Waals surface area contributed by atoms with Crippen molar-refractivity contribution in [2.24, 2.45) is 5.92 Å². The molecule has 2 heteroatoms. The topological polar surface area (TPSA) is 15.3 Å². The molecular weight excluding hydrogens is 232 g/mol. The Kier molecular flexibility index (Phi) is 6.89. The van der Waals surface area contributed by atoms with Gasteiger partial charge in [0.1, 0.15) is 0 Å². The van der Waals surface area contributed by atoms with Crippen LogP contribution in [0, 0.1) is 17.8 Å². The number of rotatable bonds is 6. The van der Waals surface area contributed by atoms with E-state index in [1.165, 1.54) is 32.1 Å². The first kappa shape index (κ1) is 16.5. The van der Waals surface area contributed by atoms with E-state index in [1.54, 1.807) is 0 Å². The summed E-state index contributed by atoms with van der Waals surface area (Å²) in [5.74, 6) is 7.15. The normalized spacial score (nSPS) is 28.8. The van der Waals surface area contributed by atoms with E-state index in [0.717, 1.165) is 18.9 Å². The molecule has 2 nitrogen and oxygen atoms in total. The standard InChI is InChI=1S/C17H32N2/c1-6-8-9-10-16(18-7-2)17(19(4)5)13-11-15(3)12-14-17/h15-16,18H,7,9-14H2,1-5H3. The van der Waals surface area contributed by atoms with E-state index in [4.69, 9.17) is 0 Å². The second-order valence-electron chi connectivity index (χ2n) is 6.26. The molecule has 1 rings (SSSR count). The van der Waals surface area contributed by atoms with E-state index in [2.05, 4.69) is 50.0 Å². The summed E-state index contributed by atoms with van der Waals surface area (Å²) in [5.41, 5.74) is 0.331. The van der Waals surface area contributed by atoms with Crippen molar-refractivity contribution in [3.05, 3.63) is 0 Å². The molecule has 1 atom stereocenters. The Morgan fingerprint density at radius 1 is 1.32 bits per heavy atom. The van der Waals surface area contributed by atoms with Crippen molar-refractivity contribution >= 4 is 0 Å². The molecule has 0 heterocycles. The molecule has 1 fully saturated rings. The van der Waals surface area contributed by atoms with Gasteiger partial charge in [-0.15, -0.1) is 11.8 Å². The van der Waals surface area contributed by atoms with E-state index in [9.17, 15) is 0 Å². The molecule has 1 saturated carbocycles. The summed E-state index contributed by atoms with van der Waals surface area (Å²) in [7, 11) is 4.51. The lowest BCUT2D eigenvalue weighted by Crippen LogP contribution is -2.60. The highest BCUT2D eigenvalue weighted by atomic mass is 15.2. The lowest BCUT2D eigenvalue weighted by molar-refractivity contribution is 0.0414. The Morgan fingerprint density at radius 2 is 1.95 bits per heavy atom. The van der Waals surface area contributed by atoms with Gasteiger partial charge in [0.05, 0.1) is 0 Å². The SMILES string of the molecule is CC#CCCC(NCC)C1(N(C)C)CCC(C)CC1. The van der Waals surface area contributed by atoms with Crippen LogP contribution in [0.3, 0.4) is 0 Å². The molecule has 0 aliphatic heterocycles. The predicted molar refractivity (Wildman–Crippen MR) is 84.2 cm³/mol. The maximum absolute atomic E-state index is 3.74. The highest BCUT2D eigenvalue weighted by Gasteiger charge is 2.42. The third-order valence-electron chi connectivity index (χ3n) is 4.86. The van der Waals surface area contributed by atoms with Crippen LogP contribution < -0.4 is 5.32 Å². The maximum Gasteiger partial charge on any atom is 0.0356 e. The first-order valence-corrected chi connectivity index (χ1v) is 7.87. The van der Waals surface area contributed by atoms with Crippen LogP contribution in [0.4, 0.5) is 0 Å². The van der Waals surface area contributed by atoms with Crippen molar-refractivity contribution in [3.8, 4) is 11.8 Å². The molecule has 0 spiro atoms. The van der Waals surface area contributed by atoms with Crippen LogP contribution >= 0.6 is 0 Å². The van der Waals surface area contributed by atoms with Gasteiger partial charge in [-0.1, -0.05) is 13.8 Å². The zero-order valence-electron chi connectivity index (χ0n) is 13.6. The molecule has 1 N–H and O–H groups in total. The molecule has 1 unspecified atom stereocenters. The van der Waals surface area contributed by atoms with Crippen LogP contribution in [0.5, 0.6) is 0 Å². The third kappa shape index (κ3) is 4.23. The molecule has 0 amide bonds. The zero-order chi connectivity index (χ0) is 14.3. The zero-order valence-corrected chi connectivity index (χ0v) is 13.6. The second kappa shape index (κ2) is 7.92. The van der Waals surface area contributed by atoms with E-state index in [1.807, 2.05) is 6.92 Å². The predicted octanol–water partition coefficient (Wildman–Crippen LogP) is 3.28.